The van der Waals surface area contributed by atoms with Gasteiger partial charge in [-0.3, -0.25) is 13.6 Å². The molecule has 2 N–H and O–H groups in total. The largest absolute Gasteiger partial charge is 0.382 e. The summed E-state index contributed by atoms with van der Waals surface area (Å²) in [5, 5.41) is 0. The minimum atomic E-state index is -3.78. The molecule has 0 saturated heterocycles. The van der Waals surface area contributed by atoms with Crippen molar-refractivity contribution in [3.8, 4) is 0 Å². The molecule has 42 heavy (non-hydrogen) atoms. The number of nitrogens with zero attached hydrogens (tertiary/aromatic N) is 4. The highest BCUT2D eigenvalue weighted by Crippen LogP contribution is 2.44. The molecule has 216 valence electrons. The maximum absolute atomic E-state index is 12.7. The molecule has 3 aromatic rings. The van der Waals surface area contributed by atoms with E-state index >= 15 is 0 Å². The molecule has 0 bridgehead atoms. The van der Waals surface area contributed by atoms with E-state index in [1.54, 1.807) is 30.5 Å². The molecule has 9 heteroatoms. The first-order chi connectivity index (χ1) is 20.2. The molecule has 1 aromatic carbocycles. The van der Waals surface area contributed by atoms with Crippen LogP contribution in [0.25, 0.3) is 11.1 Å². The lowest BCUT2D eigenvalue weighted by Gasteiger charge is -2.34. The topological polar surface area (TPSA) is 112 Å². The van der Waals surface area contributed by atoms with Crippen molar-refractivity contribution >= 4 is 32.7 Å². The number of benzene rings is 1. The van der Waals surface area contributed by atoms with Gasteiger partial charge >= 0.3 is 0 Å². The van der Waals surface area contributed by atoms with E-state index in [1.807, 2.05) is 13.1 Å². The van der Waals surface area contributed by atoms with Crippen molar-refractivity contribution in [2.24, 2.45) is 16.3 Å². The second kappa shape index (κ2) is 10.2. The lowest BCUT2D eigenvalue weighted by molar-refractivity contribution is 0.158. The zero-order valence-corrected chi connectivity index (χ0v) is 24.7. The molecule has 2 unspecified atom stereocenters. The van der Waals surface area contributed by atoms with Gasteiger partial charge in [-0.25, -0.2) is 9.97 Å². The molecule has 2 aromatic heterocycles. The molecule has 0 spiro atoms. The van der Waals surface area contributed by atoms with Crippen LogP contribution in [0.2, 0.25) is 0 Å². The molecule has 8 nitrogen and oxygen atoms in total. The maximum Gasteiger partial charge on any atom is 0.296 e. The Kier molecular flexibility index (Phi) is 6.55. The van der Waals surface area contributed by atoms with Gasteiger partial charge in [0.15, 0.2) is 0 Å². The molecule has 2 atom stereocenters. The number of rotatable bonds is 7. The molecule has 0 amide bonds. The predicted molar refractivity (Wildman–Crippen MR) is 165 cm³/mol. The van der Waals surface area contributed by atoms with Crippen LogP contribution in [-0.4, -0.2) is 41.1 Å². The monoisotopic (exact) mass is 581 g/mol. The Morgan fingerprint density at radius 3 is 2.71 bits per heavy atom. The SMILES string of the molecule is Cc1ccc(S(=O)(=O)OCC2CC(c3nc(C4=CC=C5C=CC(C6(C)C=CCC6)=NC5C4)c4c(N)nccn34)C2)cc1. The fraction of sp³-hybridized carbons (Fsp3) is 0.364. The number of fused-ring (bicyclic) bond motifs is 2. The Hall–Kier alpha value is -3.82. The second-order valence-electron chi connectivity index (χ2n) is 12.2. The van der Waals surface area contributed by atoms with E-state index in [0.29, 0.717) is 5.82 Å². The van der Waals surface area contributed by atoms with Gasteiger partial charge in [0.2, 0.25) is 0 Å². The van der Waals surface area contributed by atoms with Gasteiger partial charge in [0.1, 0.15) is 17.2 Å². The number of allylic oxidation sites excluding steroid dienone is 5. The number of nitrogen functional groups attached to an aromatic ring is 1. The zero-order chi connectivity index (χ0) is 29.1. The molecule has 3 aliphatic carbocycles. The average molecular weight is 582 g/mol. The summed E-state index contributed by atoms with van der Waals surface area (Å²) in [6.45, 7) is 4.35. The summed E-state index contributed by atoms with van der Waals surface area (Å²) in [6, 6.07) is 6.78. The van der Waals surface area contributed by atoms with Crippen molar-refractivity contribution in [2.75, 3.05) is 12.3 Å². The number of nitrogens with two attached hydrogens (primary N) is 1. The summed E-state index contributed by atoms with van der Waals surface area (Å²) in [7, 11) is -3.78. The lowest BCUT2D eigenvalue weighted by Crippen LogP contribution is -2.28. The molecule has 3 heterocycles. The van der Waals surface area contributed by atoms with E-state index in [-0.39, 0.29) is 34.8 Å². The Morgan fingerprint density at radius 1 is 1.14 bits per heavy atom. The standard InChI is InChI=1S/C33H35N5O3S/c1-21-5-10-26(11-6-21)42(39,40)41-20-22-17-25(18-22)32-37-29(30-31(34)35-15-16-38(30)32)24-8-7-23-9-12-28(36-27(23)19-24)33(2)13-3-4-14-33/h3,5-13,15-16,22,25,27H,4,14,17-20H2,1-2H3,(H2,34,35). The van der Waals surface area contributed by atoms with Gasteiger partial charge in [0.05, 0.1) is 23.2 Å². The fourth-order valence-electron chi connectivity index (χ4n) is 6.55. The first-order valence-corrected chi connectivity index (χ1v) is 16.0. The summed E-state index contributed by atoms with van der Waals surface area (Å²) in [4.78, 5) is 14.9. The number of imidazole rings is 1. The van der Waals surface area contributed by atoms with Crippen LogP contribution in [0.5, 0.6) is 0 Å². The molecule has 1 aliphatic heterocycles. The van der Waals surface area contributed by atoms with Crippen molar-refractivity contribution < 1.29 is 12.6 Å². The van der Waals surface area contributed by atoms with E-state index in [1.165, 1.54) is 5.57 Å². The highest BCUT2D eigenvalue weighted by molar-refractivity contribution is 7.86. The quantitative estimate of drug-likeness (QED) is 0.272. The number of aliphatic imine (C=N–C) groups is 1. The minimum absolute atomic E-state index is 0.00404. The third-order valence-electron chi connectivity index (χ3n) is 9.19. The van der Waals surface area contributed by atoms with Crippen molar-refractivity contribution in [1.29, 1.82) is 0 Å². The van der Waals surface area contributed by atoms with Crippen molar-refractivity contribution in [2.45, 2.75) is 62.8 Å². The Morgan fingerprint density at radius 2 is 1.95 bits per heavy atom. The number of hydrogen-bond acceptors (Lipinski definition) is 7. The van der Waals surface area contributed by atoms with E-state index in [9.17, 15) is 8.42 Å². The van der Waals surface area contributed by atoms with Crippen LogP contribution in [-0.2, 0) is 14.3 Å². The average Bonchev–Trinajstić information content (AvgIpc) is 3.57. The first kappa shape index (κ1) is 27.0. The smallest absolute Gasteiger partial charge is 0.296 e. The molecule has 1 saturated carbocycles. The first-order valence-electron chi connectivity index (χ1n) is 14.6. The fourth-order valence-corrected chi connectivity index (χ4v) is 7.53. The molecular formula is C33H35N5O3S. The van der Waals surface area contributed by atoms with E-state index in [4.69, 9.17) is 19.9 Å². The van der Waals surface area contributed by atoms with Crippen molar-refractivity contribution in [3.05, 3.63) is 95.8 Å². The normalized spacial score (nSPS) is 26.9. The van der Waals surface area contributed by atoms with Crippen LogP contribution in [0.3, 0.4) is 0 Å². The number of anilines is 1. The van der Waals surface area contributed by atoms with Crippen LogP contribution in [0.4, 0.5) is 5.82 Å². The van der Waals surface area contributed by atoms with Gasteiger partial charge < -0.3 is 5.73 Å². The Bertz CT molecular complexity index is 1820. The van der Waals surface area contributed by atoms with Crippen LogP contribution in [0.1, 0.15) is 62.0 Å². The third-order valence-corrected chi connectivity index (χ3v) is 10.5. The van der Waals surface area contributed by atoms with Gasteiger partial charge in [-0.1, -0.05) is 55.0 Å². The Balaban J connectivity index is 1.10. The van der Waals surface area contributed by atoms with Gasteiger partial charge in [0, 0.05) is 35.9 Å². The van der Waals surface area contributed by atoms with Crippen LogP contribution in [0, 0.1) is 18.3 Å². The molecule has 4 aliphatic rings. The highest BCUT2D eigenvalue weighted by Gasteiger charge is 2.37. The van der Waals surface area contributed by atoms with Crippen LogP contribution < -0.4 is 5.73 Å². The van der Waals surface area contributed by atoms with E-state index in [0.717, 1.165) is 66.0 Å². The Labute approximate surface area is 246 Å². The van der Waals surface area contributed by atoms with Crippen LogP contribution >= 0.6 is 0 Å². The maximum atomic E-state index is 12.7. The second-order valence-corrected chi connectivity index (χ2v) is 13.8. The number of aryl methyl sites for hydroxylation is 1. The van der Waals surface area contributed by atoms with Gasteiger partial charge in [-0.05, 0) is 67.9 Å². The molecule has 0 radical (unpaired) electrons. The summed E-state index contributed by atoms with van der Waals surface area (Å²) < 4.78 is 32.8. The summed E-state index contributed by atoms with van der Waals surface area (Å²) in [5.74, 6) is 1.69. The number of aromatic nitrogens is 3. The minimum Gasteiger partial charge on any atom is -0.382 e. The van der Waals surface area contributed by atoms with Crippen LogP contribution in [0.15, 0.2) is 88.6 Å². The van der Waals surface area contributed by atoms with Gasteiger partial charge in [0.25, 0.3) is 10.1 Å². The lowest BCUT2D eigenvalue weighted by atomic mass is 9.75. The van der Waals surface area contributed by atoms with E-state index < -0.39 is 10.1 Å². The van der Waals surface area contributed by atoms with Crippen molar-refractivity contribution in [1.82, 2.24) is 14.4 Å². The molecule has 1 fully saturated rings. The highest BCUT2D eigenvalue weighted by atomic mass is 32.2. The molecular weight excluding hydrogens is 546 g/mol. The zero-order valence-electron chi connectivity index (χ0n) is 23.9. The molecule has 7 rings (SSSR count). The summed E-state index contributed by atoms with van der Waals surface area (Å²) in [5.41, 5.74) is 12.6. The summed E-state index contributed by atoms with van der Waals surface area (Å²) in [6.07, 6.45) is 21.3. The number of hydrogen-bond donors (Lipinski definition) is 1. The van der Waals surface area contributed by atoms with Gasteiger partial charge in [-0.15, -0.1) is 0 Å². The summed E-state index contributed by atoms with van der Waals surface area (Å²) >= 11 is 0. The van der Waals surface area contributed by atoms with E-state index in [2.05, 4.69) is 52.8 Å². The number of dihydropyridines is 1. The third kappa shape index (κ3) is 4.74. The van der Waals surface area contributed by atoms with Gasteiger partial charge in [-0.2, -0.15) is 8.42 Å². The van der Waals surface area contributed by atoms with Crippen molar-refractivity contribution in [3.63, 3.8) is 0 Å². The predicted octanol–water partition coefficient (Wildman–Crippen LogP) is 5.97.